The van der Waals surface area contributed by atoms with Gasteiger partial charge in [0.25, 0.3) is 0 Å². The highest BCUT2D eigenvalue weighted by molar-refractivity contribution is 5.48. The average Bonchev–Trinajstić information content (AvgIpc) is 2.58. The molecule has 2 atom stereocenters. The SMILES string of the molecule is CC(CN)Cc1cc2c(cc1O)CC(C)O2. The van der Waals surface area contributed by atoms with Gasteiger partial charge >= 0.3 is 0 Å². The fourth-order valence-electron chi connectivity index (χ4n) is 2.11. The van der Waals surface area contributed by atoms with Crippen molar-refractivity contribution in [3.8, 4) is 11.5 Å². The Morgan fingerprint density at radius 3 is 3.00 bits per heavy atom. The van der Waals surface area contributed by atoms with Crippen LogP contribution in [0.5, 0.6) is 11.5 Å². The van der Waals surface area contributed by atoms with Gasteiger partial charge in [-0.3, -0.25) is 0 Å². The molecule has 3 N–H and O–H groups in total. The maximum Gasteiger partial charge on any atom is 0.123 e. The molecule has 0 bridgehead atoms. The van der Waals surface area contributed by atoms with Gasteiger partial charge in [-0.25, -0.2) is 0 Å². The van der Waals surface area contributed by atoms with Gasteiger partial charge in [-0.15, -0.1) is 0 Å². The highest BCUT2D eigenvalue weighted by Crippen LogP contribution is 2.35. The number of phenols is 1. The summed E-state index contributed by atoms with van der Waals surface area (Å²) < 4.78 is 5.68. The molecule has 0 aromatic heterocycles. The molecule has 88 valence electrons. The number of fused-ring (bicyclic) bond motifs is 1. The molecule has 1 aliphatic rings. The second-order valence-corrected chi connectivity index (χ2v) is 4.77. The molecule has 0 spiro atoms. The van der Waals surface area contributed by atoms with Gasteiger partial charge in [0.2, 0.25) is 0 Å². The van der Waals surface area contributed by atoms with E-state index < -0.39 is 0 Å². The van der Waals surface area contributed by atoms with Crippen molar-refractivity contribution in [3.05, 3.63) is 23.3 Å². The Morgan fingerprint density at radius 2 is 2.31 bits per heavy atom. The first kappa shape index (κ1) is 11.3. The standard InChI is InChI=1S/C13H19NO2/c1-8(7-14)3-10-6-13-11(5-12(10)15)4-9(2)16-13/h5-6,8-9,15H,3-4,7,14H2,1-2H3. The first-order chi connectivity index (χ1) is 7.60. The van der Waals surface area contributed by atoms with Crippen molar-refractivity contribution in [1.29, 1.82) is 0 Å². The number of nitrogens with two attached hydrogens (primary N) is 1. The van der Waals surface area contributed by atoms with Crippen LogP contribution in [0.25, 0.3) is 0 Å². The van der Waals surface area contributed by atoms with Gasteiger partial charge in [-0.2, -0.15) is 0 Å². The summed E-state index contributed by atoms with van der Waals surface area (Å²) in [6, 6.07) is 3.79. The Kier molecular flexibility index (Phi) is 3.06. The molecule has 1 aliphatic heterocycles. The Bertz CT molecular complexity index is 390. The normalized spacial score (nSPS) is 20.3. The molecule has 1 heterocycles. The highest BCUT2D eigenvalue weighted by Gasteiger charge is 2.21. The molecule has 3 heteroatoms. The van der Waals surface area contributed by atoms with E-state index in [2.05, 4.69) is 6.92 Å². The Labute approximate surface area is 96.2 Å². The monoisotopic (exact) mass is 221 g/mol. The number of hydrogen-bond donors (Lipinski definition) is 2. The van der Waals surface area contributed by atoms with Gasteiger partial charge in [0.15, 0.2) is 0 Å². The molecule has 3 nitrogen and oxygen atoms in total. The van der Waals surface area contributed by atoms with Crippen molar-refractivity contribution in [2.45, 2.75) is 32.8 Å². The molecular formula is C13H19NO2. The van der Waals surface area contributed by atoms with Crippen molar-refractivity contribution in [2.24, 2.45) is 11.7 Å². The fraction of sp³-hybridized carbons (Fsp3) is 0.538. The summed E-state index contributed by atoms with van der Waals surface area (Å²) in [6.07, 6.45) is 1.90. The average molecular weight is 221 g/mol. The lowest BCUT2D eigenvalue weighted by Gasteiger charge is -2.11. The molecule has 2 unspecified atom stereocenters. The second kappa shape index (κ2) is 4.34. The van der Waals surface area contributed by atoms with E-state index in [0.29, 0.717) is 18.2 Å². The highest BCUT2D eigenvalue weighted by atomic mass is 16.5. The number of phenolic OH excluding ortho intramolecular Hbond substituents is 1. The first-order valence-corrected chi connectivity index (χ1v) is 5.81. The van der Waals surface area contributed by atoms with Crippen molar-refractivity contribution in [1.82, 2.24) is 0 Å². The summed E-state index contributed by atoms with van der Waals surface area (Å²) in [5.74, 6) is 1.67. The van der Waals surface area contributed by atoms with Crippen LogP contribution in [0.15, 0.2) is 12.1 Å². The van der Waals surface area contributed by atoms with Crippen LogP contribution in [0.2, 0.25) is 0 Å². The van der Waals surface area contributed by atoms with Gasteiger partial charge in [0.1, 0.15) is 17.6 Å². The predicted octanol–water partition coefficient (Wildman–Crippen LogP) is 1.85. The van der Waals surface area contributed by atoms with Gasteiger partial charge in [0, 0.05) is 12.0 Å². The van der Waals surface area contributed by atoms with Gasteiger partial charge in [-0.1, -0.05) is 6.92 Å². The lowest BCUT2D eigenvalue weighted by Crippen LogP contribution is -2.13. The van der Waals surface area contributed by atoms with Crippen LogP contribution >= 0.6 is 0 Å². The summed E-state index contributed by atoms with van der Waals surface area (Å²) in [5, 5.41) is 9.91. The van der Waals surface area contributed by atoms with Crippen molar-refractivity contribution >= 4 is 0 Å². The summed E-state index contributed by atoms with van der Waals surface area (Å²) in [4.78, 5) is 0. The summed E-state index contributed by atoms with van der Waals surface area (Å²) in [6.45, 7) is 4.75. The molecule has 1 aromatic carbocycles. The lowest BCUT2D eigenvalue weighted by molar-refractivity contribution is 0.254. The van der Waals surface area contributed by atoms with Crippen LogP contribution in [0.4, 0.5) is 0 Å². The van der Waals surface area contributed by atoms with E-state index in [-0.39, 0.29) is 6.10 Å². The number of hydrogen-bond acceptors (Lipinski definition) is 3. The minimum atomic E-state index is 0.219. The van der Waals surface area contributed by atoms with Crippen molar-refractivity contribution in [2.75, 3.05) is 6.54 Å². The van der Waals surface area contributed by atoms with Crippen molar-refractivity contribution < 1.29 is 9.84 Å². The molecule has 0 radical (unpaired) electrons. The fourth-order valence-corrected chi connectivity index (χ4v) is 2.11. The molecule has 0 saturated heterocycles. The minimum Gasteiger partial charge on any atom is -0.508 e. The third-order valence-electron chi connectivity index (χ3n) is 3.07. The van der Waals surface area contributed by atoms with Crippen LogP contribution in [0.3, 0.4) is 0 Å². The molecule has 0 amide bonds. The summed E-state index contributed by atoms with van der Waals surface area (Å²) in [5.41, 5.74) is 7.63. The van der Waals surface area contributed by atoms with E-state index in [0.717, 1.165) is 29.7 Å². The maximum absolute atomic E-state index is 9.91. The smallest absolute Gasteiger partial charge is 0.123 e. The number of rotatable bonds is 3. The van der Waals surface area contributed by atoms with Gasteiger partial charge < -0.3 is 15.6 Å². The minimum absolute atomic E-state index is 0.219. The predicted molar refractivity (Wildman–Crippen MR) is 63.8 cm³/mol. The van der Waals surface area contributed by atoms with Gasteiger partial charge in [0.05, 0.1) is 0 Å². The third kappa shape index (κ3) is 2.14. The number of ether oxygens (including phenoxy) is 1. The Morgan fingerprint density at radius 1 is 1.56 bits per heavy atom. The molecule has 1 aromatic rings. The van der Waals surface area contributed by atoms with Crippen LogP contribution in [-0.2, 0) is 12.8 Å². The summed E-state index contributed by atoms with van der Waals surface area (Å²) in [7, 11) is 0. The van der Waals surface area contributed by atoms with Crippen LogP contribution in [-0.4, -0.2) is 17.8 Å². The molecule has 0 fully saturated rings. The quantitative estimate of drug-likeness (QED) is 0.819. The van der Waals surface area contributed by atoms with Crippen LogP contribution in [0.1, 0.15) is 25.0 Å². The van der Waals surface area contributed by atoms with E-state index in [1.54, 1.807) is 0 Å². The maximum atomic E-state index is 9.91. The Hall–Kier alpha value is -1.22. The first-order valence-electron chi connectivity index (χ1n) is 5.81. The number of benzene rings is 1. The lowest BCUT2D eigenvalue weighted by atomic mass is 9.98. The Balaban J connectivity index is 2.24. The van der Waals surface area contributed by atoms with E-state index in [4.69, 9.17) is 10.5 Å². The van der Waals surface area contributed by atoms with E-state index in [9.17, 15) is 5.11 Å². The number of aromatic hydroxyl groups is 1. The molecule has 0 aliphatic carbocycles. The largest absolute Gasteiger partial charge is 0.508 e. The van der Waals surface area contributed by atoms with Gasteiger partial charge in [-0.05, 0) is 43.5 Å². The zero-order valence-electron chi connectivity index (χ0n) is 9.86. The molecule has 16 heavy (non-hydrogen) atoms. The zero-order chi connectivity index (χ0) is 11.7. The molecule has 0 saturated carbocycles. The van der Waals surface area contributed by atoms with E-state index in [1.165, 1.54) is 0 Å². The van der Waals surface area contributed by atoms with E-state index in [1.807, 2.05) is 19.1 Å². The van der Waals surface area contributed by atoms with Crippen LogP contribution in [0, 0.1) is 5.92 Å². The second-order valence-electron chi connectivity index (χ2n) is 4.77. The van der Waals surface area contributed by atoms with Crippen LogP contribution < -0.4 is 10.5 Å². The summed E-state index contributed by atoms with van der Waals surface area (Å²) >= 11 is 0. The molecule has 2 rings (SSSR count). The zero-order valence-corrected chi connectivity index (χ0v) is 9.86. The molecular weight excluding hydrogens is 202 g/mol. The van der Waals surface area contributed by atoms with Crippen molar-refractivity contribution in [3.63, 3.8) is 0 Å². The third-order valence-corrected chi connectivity index (χ3v) is 3.07. The van der Waals surface area contributed by atoms with E-state index >= 15 is 0 Å². The topological polar surface area (TPSA) is 55.5 Å².